The molecule has 7 heteroatoms. The average molecular weight is 394 g/mol. The highest BCUT2D eigenvalue weighted by atomic mass is 16.5. The molecule has 1 aromatic heterocycles. The summed E-state index contributed by atoms with van der Waals surface area (Å²) < 4.78 is 6.29. The fraction of sp³-hybridized carbons (Fsp3) is 0.409. The number of nitrogens with two attached hydrogens (primary N) is 1. The van der Waals surface area contributed by atoms with Crippen LogP contribution in [-0.4, -0.2) is 29.6 Å². The third kappa shape index (κ3) is 4.11. The van der Waals surface area contributed by atoms with E-state index in [-0.39, 0.29) is 28.9 Å². The van der Waals surface area contributed by atoms with Gasteiger partial charge in [0.25, 0.3) is 5.91 Å². The molecule has 0 spiro atoms. The highest BCUT2D eigenvalue weighted by molar-refractivity contribution is 6.00. The molecular weight excluding hydrogens is 368 g/mol. The zero-order valence-corrected chi connectivity index (χ0v) is 16.8. The first-order valence-corrected chi connectivity index (χ1v) is 9.89. The predicted molar refractivity (Wildman–Crippen MR) is 110 cm³/mol. The van der Waals surface area contributed by atoms with E-state index in [1.807, 2.05) is 6.07 Å². The van der Waals surface area contributed by atoms with Gasteiger partial charge in [-0.1, -0.05) is 25.5 Å². The molecular formula is C22H26N4O3. The summed E-state index contributed by atoms with van der Waals surface area (Å²) in [6, 6.07) is 9.07. The lowest BCUT2D eigenvalue weighted by Gasteiger charge is -2.28. The Hall–Kier alpha value is -3.27. The molecule has 3 rings (SSSR count). The van der Waals surface area contributed by atoms with E-state index >= 15 is 0 Å². The molecule has 0 radical (unpaired) electrons. The van der Waals surface area contributed by atoms with E-state index in [1.165, 1.54) is 24.3 Å². The molecule has 1 fully saturated rings. The Morgan fingerprint density at radius 3 is 2.59 bits per heavy atom. The van der Waals surface area contributed by atoms with Crippen molar-refractivity contribution in [1.29, 1.82) is 5.26 Å². The third-order valence-corrected chi connectivity index (χ3v) is 5.71. The van der Waals surface area contributed by atoms with Crippen molar-refractivity contribution in [1.82, 2.24) is 9.88 Å². The van der Waals surface area contributed by atoms with Gasteiger partial charge >= 0.3 is 5.97 Å². The minimum Gasteiger partial charge on any atom is -0.464 e. The zero-order valence-electron chi connectivity index (χ0n) is 16.8. The van der Waals surface area contributed by atoms with Crippen molar-refractivity contribution in [3.8, 4) is 11.8 Å². The van der Waals surface area contributed by atoms with Crippen LogP contribution in [0, 0.1) is 17.2 Å². The topological polar surface area (TPSA) is 110 Å². The van der Waals surface area contributed by atoms with Crippen LogP contribution in [0.15, 0.2) is 30.5 Å². The van der Waals surface area contributed by atoms with Gasteiger partial charge in [0.15, 0.2) is 5.69 Å². The normalized spacial score (nSPS) is 18.7. The molecule has 7 nitrogen and oxygen atoms in total. The molecule has 0 bridgehead atoms. The summed E-state index contributed by atoms with van der Waals surface area (Å²) in [5.41, 5.74) is 7.09. The lowest BCUT2D eigenvalue weighted by atomic mass is 9.84. The number of nitriles is 1. The van der Waals surface area contributed by atoms with E-state index in [1.54, 1.807) is 24.3 Å². The van der Waals surface area contributed by atoms with Gasteiger partial charge in [-0.05, 0) is 43.7 Å². The van der Waals surface area contributed by atoms with E-state index in [9.17, 15) is 14.9 Å². The fourth-order valence-corrected chi connectivity index (χ4v) is 3.96. The highest BCUT2D eigenvalue weighted by Gasteiger charge is 2.26. The van der Waals surface area contributed by atoms with E-state index in [0.717, 1.165) is 31.6 Å². The van der Waals surface area contributed by atoms with Crippen molar-refractivity contribution >= 4 is 17.6 Å². The first kappa shape index (κ1) is 20.5. The summed E-state index contributed by atoms with van der Waals surface area (Å²) in [4.78, 5) is 25.3. The third-order valence-electron chi connectivity index (χ3n) is 5.71. The number of rotatable bonds is 5. The molecule has 1 aliphatic rings. The molecule has 1 heterocycles. The molecule has 1 amide bonds. The number of aromatic nitrogens is 1. The van der Waals surface area contributed by atoms with Gasteiger partial charge in [0.1, 0.15) is 6.07 Å². The number of nitrogens with zero attached hydrogens (tertiary/aromatic N) is 2. The molecule has 0 atom stereocenters. The van der Waals surface area contributed by atoms with Gasteiger partial charge in [-0.15, -0.1) is 0 Å². The van der Waals surface area contributed by atoms with E-state index in [2.05, 4.69) is 12.2 Å². The number of carbonyl (C=O) groups is 2. The summed E-state index contributed by atoms with van der Waals surface area (Å²) in [6.07, 6.45) is 6.81. The summed E-state index contributed by atoms with van der Waals surface area (Å²) in [5.74, 6) is -0.135. The second-order valence-corrected chi connectivity index (χ2v) is 7.39. The van der Waals surface area contributed by atoms with Gasteiger partial charge in [0.2, 0.25) is 0 Å². The second kappa shape index (κ2) is 8.82. The van der Waals surface area contributed by atoms with Crippen molar-refractivity contribution in [3.05, 3.63) is 47.3 Å². The summed E-state index contributed by atoms with van der Waals surface area (Å²) in [5, 5.41) is 12.4. The maximum atomic E-state index is 13.0. The number of nitrogens with one attached hydrogen (secondary N) is 1. The molecule has 0 aliphatic heterocycles. The van der Waals surface area contributed by atoms with Crippen LogP contribution in [-0.2, 0) is 4.74 Å². The van der Waals surface area contributed by atoms with Gasteiger partial charge in [0, 0.05) is 12.2 Å². The molecule has 0 unspecified atom stereocenters. The quantitative estimate of drug-likeness (QED) is 0.755. The first-order chi connectivity index (χ1) is 14.0. The number of benzene rings is 1. The number of para-hydroxylation sites is 1. The lowest BCUT2D eigenvalue weighted by molar-refractivity contribution is 0.0592. The number of anilines is 1. The fourth-order valence-electron chi connectivity index (χ4n) is 3.96. The number of hydrogen-bond acceptors (Lipinski definition) is 5. The summed E-state index contributed by atoms with van der Waals surface area (Å²) in [6.45, 7) is 2.21. The Kier molecular flexibility index (Phi) is 6.23. The molecule has 1 aromatic carbocycles. The Labute approximate surface area is 170 Å². The molecule has 1 saturated carbocycles. The Balaban J connectivity index is 1.93. The van der Waals surface area contributed by atoms with Crippen molar-refractivity contribution in [3.63, 3.8) is 0 Å². The van der Waals surface area contributed by atoms with Crippen molar-refractivity contribution in [2.45, 2.75) is 45.1 Å². The average Bonchev–Trinajstić information content (AvgIpc) is 3.09. The van der Waals surface area contributed by atoms with Crippen LogP contribution in [0.3, 0.4) is 0 Å². The second-order valence-electron chi connectivity index (χ2n) is 7.39. The molecule has 1 aliphatic carbocycles. The molecule has 29 heavy (non-hydrogen) atoms. The number of carbonyl (C=O) groups excluding carboxylic acids is 2. The van der Waals surface area contributed by atoms with Crippen LogP contribution in [0.1, 0.15) is 65.4 Å². The van der Waals surface area contributed by atoms with Crippen LogP contribution >= 0.6 is 0 Å². The molecule has 0 saturated heterocycles. The minimum absolute atomic E-state index is 0.0347. The highest BCUT2D eigenvalue weighted by Crippen LogP contribution is 2.28. The number of ether oxygens (including phenoxy) is 1. The smallest absolute Gasteiger partial charge is 0.357 e. The number of hydrogen-bond donors (Lipinski definition) is 2. The molecule has 2 aromatic rings. The Morgan fingerprint density at radius 1 is 1.28 bits per heavy atom. The van der Waals surface area contributed by atoms with E-state index in [4.69, 9.17) is 10.5 Å². The number of nitrogen functional groups attached to an aromatic ring is 1. The van der Waals surface area contributed by atoms with Gasteiger partial charge in [-0.25, -0.2) is 4.79 Å². The number of methoxy groups -OCH3 is 1. The monoisotopic (exact) mass is 394 g/mol. The Bertz CT molecular complexity index is 949. The zero-order chi connectivity index (χ0) is 21.0. The van der Waals surface area contributed by atoms with Crippen molar-refractivity contribution in [2.75, 3.05) is 12.8 Å². The van der Waals surface area contributed by atoms with Gasteiger partial charge < -0.3 is 20.4 Å². The van der Waals surface area contributed by atoms with Crippen molar-refractivity contribution in [2.24, 2.45) is 5.92 Å². The minimum atomic E-state index is -0.669. The maximum Gasteiger partial charge on any atom is 0.357 e. The SMILES string of the molecule is CCC1CCC(NC(=O)c2ccccc2-n2cc(C#N)c(N)c2C(=O)OC)CC1. The molecule has 152 valence electrons. The molecule has 3 N–H and O–H groups in total. The van der Waals surface area contributed by atoms with Gasteiger partial charge in [0.05, 0.1) is 29.6 Å². The van der Waals surface area contributed by atoms with Crippen LogP contribution in [0.2, 0.25) is 0 Å². The summed E-state index contributed by atoms with van der Waals surface area (Å²) in [7, 11) is 1.25. The summed E-state index contributed by atoms with van der Waals surface area (Å²) >= 11 is 0. The van der Waals surface area contributed by atoms with E-state index in [0.29, 0.717) is 11.3 Å². The first-order valence-electron chi connectivity index (χ1n) is 9.89. The van der Waals surface area contributed by atoms with Crippen LogP contribution in [0.25, 0.3) is 5.69 Å². The van der Waals surface area contributed by atoms with E-state index < -0.39 is 5.97 Å². The standard InChI is InChI=1S/C22H26N4O3/c1-3-14-8-10-16(11-9-14)25-21(27)17-6-4-5-7-18(17)26-13-15(12-23)19(24)20(26)22(28)29-2/h4-7,13-14,16H,3,8-11,24H2,1-2H3,(H,25,27). The van der Waals surface area contributed by atoms with Gasteiger partial charge in [-0.3, -0.25) is 4.79 Å². The van der Waals surface area contributed by atoms with Crippen LogP contribution < -0.4 is 11.1 Å². The van der Waals surface area contributed by atoms with Crippen molar-refractivity contribution < 1.29 is 14.3 Å². The number of esters is 1. The van der Waals surface area contributed by atoms with Crippen LogP contribution in [0.5, 0.6) is 0 Å². The lowest BCUT2D eigenvalue weighted by Crippen LogP contribution is -2.38. The maximum absolute atomic E-state index is 13.0. The van der Waals surface area contributed by atoms with Crippen LogP contribution in [0.4, 0.5) is 5.69 Å². The largest absolute Gasteiger partial charge is 0.464 e. The predicted octanol–water partition coefficient (Wildman–Crippen LogP) is 3.42. The number of amides is 1. The van der Waals surface area contributed by atoms with Gasteiger partial charge in [-0.2, -0.15) is 5.26 Å². The Morgan fingerprint density at radius 2 is 1.97 bits per heavy atom.